The van der Waals surface area contributed by atoms with Gasteiger partial charge in [0.25, 0.3) is 11.8 Å². The lowest BCUT2D eigenvalue weighted by atomic mass is 9.80. The van der Waals surface area contributed by atoms with Crippen LogP contribution in [0.4, 0.5) is 11.4 Å². The van der Waals surface area contributed by atoms with E-state index in [0.29, 0.717) is 24.2 Å². The lowest BCUT2D eigenvalue weighted by molar-refractivity contribution is -0.157. The van der Waals surface area contributed by atoms with Gasteiger partial charge in [-0.1, -0.05) is 98.5 Å². The molecule has 4 aliphatic heterocycles. The predicted molar refractivity (Wildman–Crippen MR) is 326 cm³/mol. The molecule has 12 rings (SSSR count). The summed E-state index contributed by atoms with van der Waals surface area (Å²) in [6.45, 7) is 12.4. The Morgan fingerprint density at radius 1 is 0.500 bits per heavy atom. The van der Waals surface area contributed by atoms with E-state index < -0.39 is 10.8 Å². The number of amides is 4. The minimum absolute atomic E-state index is 0.0795. The fraction of sp³-hybridized carbons (Fsp3) is 0.471. The van der Waals surface area contributed by atoms with E-state index in [4.69, 9.17) is 19.4 Å². The van der Waals surface area contributed by atoms with Gasteiger partial charge >= 0.3 is 11.9 Å². The van der Waals surface area contributed by atoms with Gasteiger partial charge in [0.05, 0.1) is 46.8 Å². The van der Waals surface area contributed by atoms with E-state index in [0.717, 1.165) is 98.4 Å². The number of imidazole rings is 2. The van der Waals surface area contributed by atoms with E-state index in [-0.39, 0.29) is 109 Å². The van der Waals surface area contributed by atoms with Crippen molar-refractivity contribution in [1.29, 1.82) is 0 Å². The van der Waals surface area contributed by atoms with Crippen molar-refractivity contribution in [1.82, 2.24) is 39.5 Å². The molecule has 6 aromatic rings. The van der Waals surface area contributed by atoms with Crippen molar-refractivity contribution >= 4 is 46.9 Å². The Hall–Kier alpha value is -8.28. The van der Waals surface area contributed by atoms with Crippen molar-refractivity contribution in [3.8, 4) is 0 Å². The Labute approximate surface area is 504 Å². The molecular formula is C68H82N10O8. The molecule has 6 heterocycles. The van der Waals surface area contributed by atoms with E-state index in [1.54, 1.807) is 36.7 Å². The minimum Gasteiger partial charge on any atom is -0.443 e. The Bertz CT molecular complexity index is 3180. The summed E-state index contributed by atoms with van der Waals surface area (Å²) in [6.07, 6.45) is 15.8. The lowest BCUT2D eigenvalue weighted by Crippen LogP contribution is -2.50. The van der Waals surface area contributed by atoms with Gasteiger partial charge in [0.2, 0.25) is 11.8 Å². The Morgan fingerprint density at radius 2 is 0.872 bits per heavy atom. The minimum atomic E-state index is -0.599. The zero-order valence-corrected chi connectivity index (χ0v) is 50.3. The first-order valence-electron chi connectivity index (χ1n) is 30.8. The molecule has 18 heteroatoms. The number of hydrogen-bond acceptors (Lipinski definition) is 12. The third kappa shape index (κ3) is 12.5. The largest absolute Gasteiger partial charge is 0.443 e. The fourth-order valence-electron chi connectivity index (χ4n) is 13.9. The van der Waals surface area contributed by atoms with Crippen molar-refractivity contribution < 1.29 is 38.2 Å². The second-order valence-electron chi connectivity index (χ2n) is 26.1. The topological polar surface area (TPSA) is 211 Å². The number of ether oxygens (including phenoxy) is 2. The van der Waals surface area contributed by atoms with Crippen LogP contribution in [0, 0.1) is 34.5 Å². The maximum Gasteiger partial charge on any atom is 0.312 e. The van der Waals surface area contributed by atoms with Crippen LogP contribution in [0.25, 0.3) is 0 Å². The van der Waals surface area contributed by atoms with Crippen molar-refractivity contribution in [2.24, 2.45) is 34.5 Å². The number of carbonyl (C=O) groups is 6. The molecule has 2 aliphatic carbocycles. The summed E-state index contributed by atoms with van der Waals surface area (Å²) in [5, 5.41) is 13.8. The van der Waals surface area contributed by atoms with Gasteiger partial charge in [0, 0.05) is 84.3 Å². The molecule has 0 unspecified atom stereocenters. The monoisotopic (exact) mass is 1170 g/mol. The molecule has 0 bridgehead atoms. The van der Waals surface area contributed by atoms with Crippen LogP contribution < -0.4 is 21.3 Å². The van der Waals surface area contributed by atoms with Crippen molar-refractivity contribution in [3.63, 3.8) is 0 Å². The highest BCUT2D eigenvalue weighted by Crippen LogP contribution is 2.53. The summed E-state index contributed by atoms with van der Waals surface area (Å²) in [4.78, 5) is 93.4. The number of esters is 2. The Kier molecular flexibility index (Phi) is 17.5. The standard InChI is InChI=1S/2C34H41N5O4/c2*1-34(2,3)33(42)43-21-38-20-18-35-30(38)28-25-17-19-39(29(25)23-13-7-9-15-26(23)36-28)32(41)24-14-8-10-16-27(24)37-31(40)22-11-5-4-6-12-22/h2*4-7,9,11-13,15,18,20,24-25,27-29,36H,8,10,14,16-17,19,21H2,1-3H3,(H,37,40)/t24-,25+,27+,28+,29-;24-,25-,27+,28-,29+/m00/s1. The fourth-order valence-corrected chi connectivity index (χ4v) is 13.9. The van der Waals surface area contributed by atoms with Crippen LogP contribution in [0.3, 0.4) is 0 Å². The first-order valence-corrected chi connectivity index (χ1v) is 30.8. The highest BCUT2D eigenvalue weighted by atomic mass is 16.5. The highest BCUT2D eigenvalue weighted by molar-refractivity contribution is 5.95. The molecule has 452 valence electrons. The van der Waals surface area contributed by atoms with E-state index in [1.807, 2.05) is 124 Å². The molecule has 2 saturated carbocycles. The van der Waals surface area contributed by atoms with E-state index >= 15 is 0 Å². The van der Waals surface area contributed by atoms with Crippen LogP contribution in [0.1, 0.15) is 173 Å². The zero-order chi connectivity index (χ0) is 60.3. The lowest BCUT2D eigenvalue weighted by Gasteiger charge is -2.41. The molecule has 0 spiro atoms. The number of nitrogens with one attached hydrogen (secondary N) is 4. The number of anilines is 2. The first-order chi connectivity index (χ1) is 41.4. The molecule has 86 heavy (non-hydrogen) atoms. The summed E-state index contributed by atoms with van der Waals surface area (Å²) in [7, 11) is 0. The molecule has 6 aliphatic rings. The van der Waals surface area contributed by atoms with Gasteiger partial charge in [-0.25, -0.2) is 9.97 Å². The van der Waals surface area contributed by atoms with Crippen LogP contribution in [-0.4, -0.2) is 89.6 Å². The molecule has 10 atom stereocenters. The van der Waals surface area contributed by atoms with Gasteiger partial charge < -0.3 is 40.5 Å². The second kappa shape index (κ2) is 25.4. The summed E-state index contributed by atoms with van der Waals surface area (Å²) in [5.74, 6) is 0.630. The average molecular weight is 1170 g/mol. The number of fused-ring (bicyclic) bond motifs is 6. The Morgan fingerprint density at radius 3 is 1.27 bits per heavy atom. The van der Waals surface area contributed by atoms with Crippen molar-refractivity contribution in [3.05, 3.63) is 168 Å². The maximum absolute atomic E-state index is 14.4. The molecule has 18 nitrogen and oxygen atoms in total. The van der Waals surface area contributed by atoms with Crippen LogP contribution in [0.5, 0.6) is 0 Å². The average Bonchev–Trinajstić information content (AvgIpc) is 1.64. The zero-order valence-electron chi connectivity index (χ0n) is 50.3. The molecule has 2 aromatic heterocycles. The number of aromatic nitrogens is 4. The van der Waals surface area contributed by atoms with E-state index in [2.05, 4.69) is 55.3 Å². The van der Waals surface area contributed by atoms with Gasteiger partial charge in [-0.15, -0.1) is 0 Å². The van der Waals surface area contributed by atoms with Gasteiger partial charge in [-0.05, 0) is 128 Å². The van der Waals surface area contributed by atoms with Crippen LogP contribution in [-0.2, 0) is 42.1 Å². The van der Waals surface area contributed by atoms with Crippen molar-refractivity contribution in [2.45, 2.75) is 155 Å². The quantitative estimate of drug-likeness (QED) is 0.0843. The van der Waals surface area contributed by atoms with Crippen molar-refractivity contribution in [2.75, 3.05) is 23.7 Å². The molecule has 4 fully saturated rings. The van der Waals surface area contributed by atoms with Gasteiger partial charge in [-0.2, -0.15) is 0 Å². The SMILES string of the molecule is CC(C)(C)C(=O)OCn1ccnc1[C@@H]1Nc2ccccc2[C@H]2[C@@H]1CCN2C(=O)[C@H]1CCCC[C@H]1NC(=O)c1ccccc1.CC(C)(C)C(=O)OCn1ccnc1[C@H]1Nc2ccccc2[C@@H]2[C@H]1CCN2C(=O)[C@H]1CCCC[C@H]1NC(=O)c1ccccc1. The number of para-hydroxylation sites is 2. The second-order valence-corrected chi connectivity index (χ2v) is 26.1. The Balaban J connectivity index is 0.000000179. The number of hydrogen-bond donors (Lipinski definition) is 4. The van der Waals surface area contributed by atoms with Crippen LogP contribution in [0.15, 0.2) is 134 Å². The van der Waals surface area contributed by atoms with E-state index in [9.17, 15) is 28.8 Å². The molecular weight excluding hydrogens is 1080 g/mol. The maximum atomic E-state index is 14.4. The molecule has 4 amide bonds. The highest BCUT2D eigenvalue weighted by Gasteiger charge is 2.51. The van der Waals surface area contributed by atoms with Gasteiger partial charge in [0.1, 0.15) is 11.6 Å². The number of nitrogens with zero attached hydrogens (tertiary/aromatic N) is 6. The third-order valence-corrected chi connectivity index (χ3v) is 18.3. The van der Waals surface area contributed by atoms with Crippen LogP contribution in [0.2, 0.25) is 0 Å². The van der Waals surface area contributed by atoms with Crippen LogP contribution >= 0.6 is 0 Å². The molecule has 0 radical (unpaired) electrons. The summed E-state index contributed by atoms with van der Waals surface area (Å²) < 4.78 is 15.0. The molecule has 4 aromatic carbocycles. The molecule has 4 N–H and O–H groups in total. The van der Waals surface area contributed by atoms with Gasteiger partial charge in [0.15, 0.2) is 13.5 Å². The molecule has 2 saturated heterocycles. The first kappa shape index (κ1) is 59.5. The number of rotatable bonds is 12. The number of likely N-dealkylation sites (tertiary alicyclic amines) is 2. The smallest absolute Gasteiger partial charge is 0.312 e. The summed E-state index contributed by atoms with van der Waals surface area (Å²) >= 11 is 0. The number of benzene rings is 4. The van der Waals surface area contributed by atoms with Gasteiger partial charge in [-0.3, -0.25) is 37.9 Å². The van der Waals surface area contributed by atoms with E-state index in [1.165, 1.54) is 0 Å². The number of carbonyl (C=O) groups excluding carboxylic acids is 6. The normalized spacial score (nSPS) is 24.8. The predicted octanol–water partition coefficient (Wildman–Crippen LogP) is 11.0. The summed E-state index contributed by atoms with van der Waals surface area (Å²) in [6, 6.07) is 33.8. The third-order valence-electron chi connectivity index (χ3n) is 18.3. The summed E-state index contributed by atoms with van der Waals surface area (Å²) in [5.41, 5.74) is 4.19.